The number of aromatic nitrogens is 1. The lowest BCUT2D eigenvalue weighted by molar-refractivity contribution is -0.117. The second kappa shape index (κ2) is 4.97. The van der Waals surface area contributed by atoms with E-state index in [1.54, 1.807) is 11.3 Å². The molecule has 1 unspecified atom stereocenters. The quantitative estimate of drug-likeness (QED) is 0.883. The Morgan fingerprint density at radius 2 is 2.22 bits per heavy atom. The molecule has 0 aromatic carbocycles. The van der Waals surface area contributed by atoms with Gasteiger partial charge in [0.05, 0.1) is 5.69 Å². The zero-order valence-electron chi connectivity index (χ0n) is 11.2. The van der Waals surface area contributed by atoms with E-state index in [0.29, 0.717) is 6.42 Å². The van der Waals surface area contributed by atoms with Crippen LogP contribution in [0.25, 0.3) is 0 Å². The molecule has 1 aliphatic rings. The zero-order chi connectivity index (χ0) is 13.3. The Hall–Kier alpha value is -0.940. The van der Waals surface area contributed by atoms with Gasteiger partial charge in [-0.15, -0.1) is 11.3 Å². The van der Waals surface area contributed by atoms with Crippen molar-refractivity contribution in [2.24, 2.45) is 11.1 Å². The van der Waals surface area contributed by atoms with Gasteiger partial charge in [0.2, 0.25) is 5.91 Å². The fourth-order valence-corrected chi connectivity index (χ4v) is 2.99. The molecule has 100 valence electrons. The predicted molar refractivity (Wildman–Crippen MR) is 74.8 cm³/mol. The number of thiazole rings is 1. The number of carbonyl (C=O) groups excluding carboxylic acids is 1. The van der Waals surface area contributed by atoms with Crippen LogP contribution in [0.15, 0.2) is 0 Å². The van der Waals surface area contributed by atoms with Crippen LogP contribution in [0.1, 0.15) is 44.2 Å². The molecule has 18 heavy (non-hydrogen) atoms. The largest absolute Gasteiger partial charge is 0.327 e. The van der Waals surface area contributed by atoms with Gasteiger partial charge in [-0.25, -0.2) is 4.98 Å². The number of anilines is 1. The molecule has 1 aliphatic carbocycles. The van der Waals surface area contributed by atoms with E-state index in [4.69, 9.17) is 5.73 Å². The van der Waals surface area contributed by atoms with Crippen molar-refractivity contribution >= 4 is 22.4 Å². The van der Waals surface area contributed by atoms with E-state index in [1.807, 2.05) is 20.8 Å². The van der Waals surface area contributed by atoms with Crippen LogP contribution in [0.4, 0.5) is 5.13 Å². The molecule has 0 bridgehead atoms. The van der Waals surface area contributed by atoms with Gasteiger partial charge in [-0.3, -0.25) is 4.79 Å². The number of fused-ring (bicyclic) bond motifs is 1. The Bertz CT molecular complexity index is 426. The van der Waals surface area contributed by atoms with Crippen molar-refractivity contribution in [3.63, 3.8) is 0 Å². The highest BCUT2D eigenvalue weighted by molar-refractivity contribution is 7.15. The molecule has 1 atom stereocenters. The standard InChI is InChI=1S/C13H21N3OS/c1-13(2,3)10(14)7-11(17)16-12-15-8-5-4-6-9(8)18-12/h10H,4-7,14H2,1-3H3,(H,15,16,17). The molecule has 2 rings (SSSR count). The van der Waals surface area contributed by atoms with Gasteiger partial charge in [0.25, 0.3) is 0 Å². The Morgan fingerprint density at radius 3 is 2.83 bits per heavy atom. The Morgan fingerprint density at radius 1 is 1.50 bits per heavy atom. The van der Waals surface area contributed by atoms with Crippen molar-refractivity contribution in [2.45, 2.75) is 52.5 Å². The van der Waals surface area contributed by atoms with Gasteiger partial charge in [0.1, 0.15) is 0 Å². The van der Waals surface area contributed by atoms with Crippen LogP contribution in [0.2, 0.25) is 0 Å². The molecule has 1 aromatic rings. The lowest BCUT2D eigenvalue weighted by Gasteiger charge is -2.26. The molecule has 0 radical (unpaired) electrons. The molecule has 4 nitrogen and oxygen atoms in total. The van der Waals surface area contributed by atoms with Gasteiger partial charge >= 0.3 is 0 Å². The maximum absolute atomic E-state index is 11.9. The summed E-state index contributed by atoms with van der Waals surface area (Å²) in [5, 5.41) is 3.59. The minimum atomic E-state index is -0.135. The van der Waals surface area contributed by atoms with E-state index in [9.17, 15) is 4.79 Å². The summed E-state index contributed by atoms with van der Waals surface area (Å²) in [6.45, 7) is 6.13. The summed E-state index contributed by atoms with van der Waals surface area (Å²) in [4.78, 5) is 17.6. The fraction of sp³-hybridized carbons (Fsp3) is 0.692. The molecule has 3 N–H and O–H groups in total. The molecular formula is C13H21N3OS. The van der Waals surface area contributed by atoms with Crippen molar-refractivity contribution < 1.29 is 4.79 Å². The number of nitrogens with two attached hydrogens (primary N) is 1. The third kappa shape index (κ3) is 3.09. The highest BCUT2D eigenvalue weighted by Gasteiger charge is 2.24. The molecule has 1 amide bonds. The number of nitrogens with zero attached hydrogens (tertiary/aromatic N) is 1. The molecule has 0 aliphatic heterocycles. The van der Waals surface area contributed by atoms with Gasteiger partial charge < -0.3 is 11.1 Å². The van der Waals surface area contributed by atoms with E-state index in [2.05, 4.69) is 10.3 Å². The summed E-state index contributed by atoms with van der Waals surface area (Å²) in [6, 6.07) is -0.135. The summed E-state index contributed by atoms with van der Waals surface area (Å²) < 4.78 is 0. The summed E-state index contributed by atoms with van der Waals surface area (Å²) in [5.41, 5.74) is 7.11. The molecular weight excluding hydrogens is 246 g/mol. The van der Waals surface area contributed by atoms with Crippen molar-refractivity contribution in [3.05, 3.63) is 10.6 Å². The summed E-state index contributed by atoms with van der Waals surface area (Å²) in [5.74, 6) is -0.0372. The molecule has 0 saturated carbocycles. The normalized spacial score (nSPS) is 16.4. The average molecular weight is 267 g/mol. The maximum Gasteiger partial charge on any atom is 0.227 e. The molecule has 1 aromatic heterocycles. The van der Waals surface area contributed by atoms with Crippen molar-refractivity contribution in [3.8, 4) is 0 Å². The van der Waals surface area contributed by atoms with E-state index >= 15 is 0 Å². The summed E-state index contributed by atoms with van der Waals surface area (Å²) >= 11 is 1.60. The SMILES string of the molecule is CC(C)(C)C(N)CC(=O)Nc1nc2c(s1)CCC2. The van der Waals surface area contributed by atoms with Gasteiger partial charge in [-0.1, -0.05) is 20.8 Å². The van der Waals surface area contributed by atoms with Crippen molar-refractivity contribution in [1.29, 1.82) is 0 Å². The van der Waals surface area contributed by atoms with Crippen LogP contribution in [-0.2, 0) is 17.6 Å². The third-order valence-electron chi connectivity index (χ3n) is 3.36. The fourth-order valence-electron chi connectivity index (χ4n) is 1.92. The second-order valence-electron chi connectivity index (χ2n) is 5.97. The van der Waals surface area contributed by atoms with Gasteiger partial charge in [0.15, 0.2) is 5.13 Å². The number of aryl methyl sites for hydroxylation is 2. The number of hydrogen-bond donors (Lipinski definition) is 2. The van der Waals surface area contributed by atoms with Crippen molar-refractivity contribution in [1.82, 2.24) is 4.98 Å². The van der Waals surface area contributed by atoms with E-state index < -0.39 is 0 Å². The van der Waals surface area contributed by atoms with Crippen LogP contribution >= 0.6 is 11.3 Å². The average Bonchev–Trinajstić information content (AvgIpc) is 2.75. The second-order valence-corrected chi connectivity index (χ2v) is 7.05. The summed E-state index contributed by atoms with van der Waals surface area (Å²) in [7, 11) is 0. The van der Waals surface area contributed by atoms with E-state index in [-0.39, 0.29) is 17.4 Å². The first kappa shape index (κ1) is 13.5. The van der Waals surface area contributed by atoms with Crippen LogP contribution < -0.4 is 11.1 Å². The van der Waals surface area contributed by atoms with Crippen LogP contribution in [0, 0.1) is 5.41 Å². The molecule has 0 fully saturated rings. The van der Waals surface area contributed by atoms with Crippen LogP contribution in [-0.4, -0.2) is 16.9 Å². The molecule has 0 spiro atoms. The topological polar surface area (TPSA) is 68.0 Å². The highest BCUT2D eigenvalue weighted by Crippen LogP contribution is 2.30. The van der Waals surface area contributed by atoms with Gasteiger partial charge in [0, 0.05) is 17.3 Å². The number of rotatable bonds is 3. The smallest absolute Gasteiger partial charge is 0.227 e. The number of amides is 1. The van der Waals surface area contributed by atoms with Crippen molar-refractivity contribution in [2.75, 3.05) is 5.32 Å². The molecule has 1 heterocycles. The third-order valence-corrected chi connectivity index (χ3v) is 4.43. The Balaban J connectivity index is 1.91. The zero-order valence-corrected chi connectivity index (χ0v) is 12.1. The molecule has 5 heteroatoms. The minimum absolute atomic E-state index is 0.0372. The first-order valence-electron chi connectivity index (χ1n) is 6.40. The van der Waals surface area contributed by atoms with E-state index in [1.165, 1.54) is 11.3 Å². The lowest BCUT2D eigenvalue weighted by Crippen LogP contribution is -2.38. The lowest BCUT2D eigenvalue weighted by atomic mass is 9.85. The Kier molecular flexibility index (Phi) is 3.73. The monoisotopic (exact) mass is 267 g/mol. The van der Waals surface area contributed by atoms with Crippen LogP contribution in [0.3, 0.4) is 0 Å². The highest BCUT2D eigenvalue weighted by atomic mass is 32.1. The number of nitrogens with one attached hydrogen (secondary N) is 1. The predicted octanol–water partition coefficient (Wildman–Crippen LogP) is 2.33. The Labute approximate surface area is 112 Å². The number of hydrogen-bond acceptors (Lipinski definition) is 4. The van der Waals surface area contributed by atoms with Crippen LogP contribution in [0.5, 0.6) is 0 Å². The maximum atomic E-state index is 11.9. The van der Waals surface area contributed by atoms with E-state index in [0.717, 1.165) is 23.7 Å². The summed E-state index contributed by atoms with van der Waals surface area (Å²) in [6.07, 6.45) is 3.68. The van der Waals surface area contributed by atoms with Gasteiger partial charge in [-0.2, -0.15) is 0 Å². The number of carbonyl (C=O) groups is 1. The molecule has 0 saturated heterocycles. The first-order chi connectivity index (χ1) is 8.36. The van der Waals surface area contributed by atoms with Gasteiger partial charge in [-0.05, 0) is 24.7 Å². The first-order valence-corrected chi connectivity index (χ1v) is 7.22. The minimum Gasteiger partial charge on any atom is -0.327 e.